The Bertz CT molecular complexity index is 946. The minimum absolute atomic E-state index is 0.0519. The quantitative estimate of drug-likeness (QED) is 0.518. The number of nitrogens with zero attached hydrogens (tertiary/aromatic N) is 3. The molecule has 0 radical (unpaired) electrons. The average molecular weight is 440 g/mol. The summed E-state index contributed by atoms with van der Waals surface area (Å²) < 4.78 is 10.4. The monoisotopic (exact) mass is 439 g/mol. The molecule has 1 heterocycles. The SMILES string of the molecule is COc1cc(C(=O)N2CCN(c3ccc(Cl)cc3[N+](=O)[O-])CC2)cc(Cl)c1OC. The lowest BCUT2D eigenvalue weighted by molar-refractivity contribution is -0.384. The highest BCUT2D eigenvalue weighted by atomic mass is 35.5. The van der Waals surface area contributed by atoms with Crippen LogP contribution in [0.3, 0.4) is 0 Å². The molecule has 0 atom stereocenters. The van der Waals surface area contributed by atoms with Crippen molar-refractivity contribution in [2.24, 2.45) is 0 Å². The van der Waals surface area contributed by atoms with E-state index in [1.807, 2.05) is 4.90 Å². The van der Waals surface area contributed by atoms with Crippen LogP contribution in [0.15, 0.2) is 30.3 Å². The maximum Gasteiger partial charge on any atom is 0.294 e. The average Bonchev–Trinajstić information content (AvgIpc) is 2.72. The summed E-state index contributed by atoms with van der Waals surface area (Å²) >= 11 is 12.1. The first-order valence-electron chi connectivity index (χ1n) is 8.75. The van der Waals surface area contributed by atoms with Crippen molar-refractivity contribution in [3.8, 4) is 11.5 Å². The second-order valence-electron chi connectivity index (χ2n) is 6.36. The van der Waals surface area contributed by atoms with Gasteiger partial charge in [0.15, 0.2) is 11.5 Å². The van der Waals surface area contributed by atoms with Gasteiger partial charge in [-0.3, -0.25) is 14.9 Å². The number of anilines is 1. The second kappa shape index (κ2) is 8.75. The number of piperazine rings is 1. The van der Waals surface area contributed by atoms with Crippen LogP contribution in [0.1, 0.15) is 10.4 Å². The zero-order valence-corrected chi connectivity index (χ0v) is 17.4. The molecule has 0 bridgehead atoms. The Hall–Kier alpha value is -2.71. The molecule has 1 aliphatic heterocycles. The van der Waals surface area contributed by atoms with E-state index < -0.39 is 4.92 Å². The number of benzene rings is 2. The van der Waals surface area contributed by atoms with Crippen LogP contribution < -0.4 is 14.4 Å². The number of nitro groups is 1. The number of hydrogen-bond donors (Lipinski definition) is 0. The standard InChI is InChI=1S/C19H19Cl2N3O5/c1-28-17-10-12(9-14(21)18(17)29-2)19(25)23-7-5-22(6-8-23)15-4-3-13(20)11-16(15)24(26)27/h3-4,9-11H,5-8H2,1-2H3. The van der Waals surface area contributed by atoms with Crippen LogP contribution in [0.2, 0.25) is 10.0 Å². The highest BCUT2D eigenvalue weighted by Crippen LogP contribution is 2.36. The largest absolute Gasteiger partial charge is 0.493 e. The van der Waals surface area contributed by atoms with E-state index >= 15 is 0 Å². The highest BCUT2D eigenvalue weighted by Gasteiger charge is 2.27. The molecule has 0 aromatic heterocycles. The number of hydrogen-bond acceptors (Lipinski definition) is 6. The van der Waals surface area contributed by atoms with Crippen LogP contribution in [0.5, 0.6) is 11.5 Å². The molecule has 2 aromatic carbocycles. The fourth-order valence-electron chi connectivity index (χ4n) is 3.28. The van der Waals surface area contributed by atoms with E-state index in [1.165, 1.54) is 20.3 Å². The molecule has 1 amide bonds. The highest BCUT2D eigenvalue weighted by molar-refractivity contribution is 6.32. The minimum atomic E-state index is -0.454. The molecule has 0 unspecified atom stereocenters. The predicted octanol–water partition coefficient (Wildman–Crippen LogP) is 3.88. The number of methoxy groups -OCH3 is 2. The Morgan fingerprint density at radius 3 is 2.34 bits per heavy atom. The minimum Gasteiger partial charge on any atom is -0.493 e. The zero-order chi connectivity index (χ0) is 21.1. The molecule has 0 saturated carbocycles. The predicted molar refractivity (Wildman–Crippen MR) is 111 cm³/mol. The summed E-state index contributed by atoms with van der Waals surface area (Å²) in [5, 5.41) is 11.9. The first-order chi connectivity index (χ1) is 13.8. The molecule has 29 heavy (non-hydrogen) atoms. The Morgan fingerprint density at radius 2 is 1.76 bits per heavy atom. The van der Waals surface area contributed by atoms with Gasteiger partial charge in [0.1, 0.15) is 5.69 Å². The third kappa shape index (κ3) is 4.33. The van der Waals surface area contributed by atoms with Gasteiger partial charge in [-0.05, 0) is 24.3 Å². The van der Waals surface area contributed by atoms with Gasteiger partial charge in [0, 0.05) is 42.8 Å². The van der Waals surface area contributed by atoms with E-state index in [0.29, 0.717) is 54.0 Å². The topological polar surface area (TPSA) is 85.2 Å². The van der Waals surface area contributed by atoms with E-state index in [0.717, 1.165) is 0 Å². The third-order valence-corrected chi connectivity index (χ3v) is 5.24. The smallest absolute Gasteiger partial charge is 0.294 e. The molecular formula is C19H19Cl2N3O5. The van der Waals surface area contributed by atoms with Crippen LogP contribution in [0.4, 0.5) is 11.4 Å². The van der Waals surface area contributed by atoms with Crippen LogP contribution in [0, 0.1) is 10.1 Å². The number of ether oxygens (including phenoxy) is 2. The van der Waals surface area contributed by atoms with Crippen LogP contribution in [-0.4, -0.2) is 56.1 Å². The molecule has 8 nitrogen and oxygen atoms in total. The Balaban J connectivity index is 1.76. The van der Waals surface area contributed by atoms with E-state index in [-0.39, 0.29) is 16.6 Å². The van der Waals surface area contributed by atoms with Gasteiger partial charge in [-0.25, -0.2) is 0 Å². The van der Waals surface area contributed by atoms with Crippen molar-refractivity contribution < 1.29 is 19.2 Å². The lowest BCUT2D eigenvalue weighted by Gasteiger charge is -2.36. The summed E-state index contributed by atoms with van der Waals surface area (Å²) in [7, 11) is 2.95. The lowest BCUT2D eigenvalue weighted by Crippen LogP contribution is -2.49. The van der Waals surface area contributed by atoms with E-state index in [9.17, 15) is 14.9 Å². The van der Waals surface area contributed by atoms with Crippen LogP contribution in [-0.2, 0) is 0 Å². The first kappa shape index (κ1) is 21.0. The van der Waals surface area contributed by atoms with Gasteiger partial charge in [-0.15, -0.1) is 0 Å². The van der Waals surface area contributed by atoms with Gasteiger partial charge in [0.2, 0.25) is 0 Å². The van der Waals surface area contributed by atoms with Crippen LogP contribution in [0.25, 0.3) is 0 Å². The summed E-state index contributed by atoms with van der Waals surface area (Å²) in [4.78, 5) is 27.3. The van der Waals surface area contributed by atoms with Gasteiger partial charge >= 0.3 is 0 Å². The van der Waals surface area contributed by atoms with Gasteiger partial charge < -0.3 is 19.3 Å². The molecule has 1 saturated heterocycles. The molecule has 10 heteroatoms. The van der Waals surface area contributed by atoms with Crippen molar-refractivity contribution in [3.05, 3.63) is 56.1 Å². The second-order valence-corrected chi connectivity index (χ2v) is 7.21. The van der Waals surface area contributed by atoms with Gasteiger partial charge in [-0.2, -0.15) is 0 Å². The van der Waals surface area contributed by atoms with Crippen molar-refractivity contribution in [2.75, 3.05) is 45.3 Å². The number of nitro benzene ring substituents is 1. The summed E-state index contributed by atoms with van der Waals surface area (Å²) in [6.45, 7) is 1.72. The zero-order valence-electron chi connectivity index (χ0n) is 15.9. The summed E-state index contributed by atoms with van der Waals surface area (Å²) in [5.41, 5.74) is 0.822. The first-order valence-corrected chi connectivity index (χ1v) is 9.51. The fourth-order valence-corrected chi connectivity index (χ4v) is 3.74. The van der Waals surface area contributed by atoms with Gasteiger partial charge in [0.05, 0.1) is 24.2 Å². The van der Waals surface area contributed by atoms with E-state index in [4.69, 9.17) is 32.7 Å². The molecule has 0 aliphatic carbocycles. The Kier molecular flexibility index (Phi) is 6.34. The fraction of sp³-hybridized carbons (Fsp3) is 0.316. The van der Waals surface area contributed by atoms with Crippen molar-refractivity contribution in [1.82, 2.24) is 4.90 Å². The Labute approximate surface area is 177 Å². The van der Waals surface area contributed by atoms with Crippen molar-refractivity contribution in [2.45, 2.75) is 0 Å². The molecule has 0 N–H and O–H groups in total. The molecule has 154 valence electrons. The lowest BCUT2D eigenvalue weighted by atomic mass is 10.1. The maximum absolute atomic E-state index is 12.9. The molecule has 3 rings (SSSR count). The van der Waals surface area contributed by atoms with Gasteiger partial charge in [0.25, 0.3) is 11.6 Å². The van der Waals surface area contributed by atoms with Crippen LogP contribution >= 0.6 is 23.2 Å². The molecule has 1 aliphatic rings. The summed E-state index contributed by atoms with van der Waals surface area (Å²) in [6.07, 6.45) is 0. The number of amides is 1. The van der Waals surface area contributed by atoms with Crippen molar-refractivity contribution >= 4 is 40.5 Å². The molecule has 2 aromatic rings. The van der Waals surface area contributed by atoms with E-state index in [2.05, 4.69) is 0 Å². The van der Waals surface area contributed by atoms with Crippen molar-refractivity contribution in [1.29, 1.82) is 0 Å². The van der Waals surface area contributed by atoms with Gasteiger partial charge in [-0.1, -0.05) is 23.2 Å². The number of carbonyl (C=O) groups excluding carboxylic acids is 1. The summed E-state index contributed by atoms with van der Waals surface area (Å²) in [6, 6.07) is 7.71. The molecule has 0 spiro atoms. The number of rotatable bonds is 5. The third-order valence-electron chi connectivity index (χ3n) is 4.72. The number of carbonyl (C=O) groups is 1. The van der Waals surface area contributed by atoms with Crippen molar-refractivity contribution in [3.63, 3.8) is 0 Å². The Morgan fingerprint density at radius 1 is 1.07 bits per heavy atom. The normalized spacial score (nSPS) is 13.9. The maximum atomic E-state index is 12.9. The molecule has 1 fully saturated rings. The van der Waals surface area contributed by atoms with E-state index in [1.54, 1.807) is 29.2 Å². The number of halogens is 2. The molecular weight excluding hydrogens is 421 g/mol. The summed E-state index contributed by atoms with van der Waals surface area (Å²) in [5.74, 6) is 0.544.